The van der Waals surface area contributed by atoms with E-state index in [-0.39, 0.29) is 18.0 Å². The highest BCUT2D eigenvalue weighted by atomic mass is 16.6. The minimum atomic E-state index is -1.01. The van der Waals surface area contributed by atoms with Gasteiger partial charge in [0.05, 0.1) is 12.0 Å². The Labute approximate surface area is 161 Å². The molecule has 0 saturated heterocycles. The number of nitrogens with one attached hydrogen (secondary N) is 1. The Hall–Kier alpha value is -3.62. The molecule has 148 valence electrons. The summed E-state index contributed by atoms with van der Waals surface area (Å²) in [6.45, 7) is 1.24. The topological polar surface area (TPSA) is 117 Å². The molecule has 0 aliphatic heterocycles. The zero-order chi connectivity index (χ0) is 20.5. The predicted molar refractivity (Wildman–Crippen MR) is 99.0 cm³/mol. The van der Waals surface area contributed by atoms with E-state index in [9.17, 15) is 19.7 Å². The third-order valence-corrected chi connectivity index (χ3v) is 3.73. The SMILES string of the molecule is COc1ccccc1CNC(=O)[C@@H](C)OC(=O)COc1ccc([N+](=O)[O-])cc1. The molecule has 0 unspecified atom stereocenters. The van der Waals surface area contributed by atoms with Gasteiger partial charge in [-0.25, -0.2) is 4.79 Å². The number of carbonyl (C=O) groups is 2. The van der Waals surface area contributed by atoms with Crippen molar-refractivity contribution in [3.8, 4) is 11.5 Å². The molecule has 0 radical (unpaired) electrons. The molecule has 0 saturated carbocycles. The second-order valence-corrected chi connectivity index (χ2v) is 5.70. The van der Waals surface area contributed by atoms with Crippen molar-refractivity contribution in [1.82, 2.24) is 5.32 Å². The quantitative estimate of drug-likeness (QED) is 0.398. The maximum absolute atomic E-state index is 12.1. The average Bonchev–Trinajstić information content (AvgIpc) is 2.70. The van der Waals surface area contributed by atoms with Gasteiger partial charge in [-0.15, -0.1) is 0 Å². The van der Waals surface area contributed by atoms with Crippen LogP contribution in [0.15, 0.2) is 48.5 Å². The molecule has 0 spiro atoms. The Balaban J connectivity index is 1.77. The van der Waals surface area contributed by atoms with E-state index in [1.54, 1.807) is 6.07 Å². The Morgan fingerprint density at radius 1 is 1.14 bits per heavy atom. The Morgan fingerprint density at radius 2 is 1.82 bits per heavy atom. The van der Waals surface area contributed by atoms with Crippen molar-refractivity contribution in [2.45, 2.75) is 19.6 Å². The molecule has 2 aromatic rings. The number of rotatable bonds is 9. The summed E-state index contributed by atoms with van der Waals surface area (Å²) >= 11 is 0. The van der Waals surface area contributed by atoms with Gasteiger partial charge < -0.3 is 19.5 Å². The average molecular weight is 388 g/mol. The molecular formula is C19H20N2O7. The first-order valence-corrected chi connectivity index (χ1v) is 8.37. The molecule has 9 nitrogen and oxygen atoms in total. The van der Waals surface area contributed by atoms with Gasteiger partial charge in [-0.1, -0.05) is 18.2 Å². The van der Waals surface area contributed by atoms with Gasteiger partial charge >= 0.3 is 5.97 Å². The van der Waals surface area contributed by atoms with Crippen LogP contribution in [0, 0.1) is 10.1 Å². The summed E-state index contributed by atoms with van der Waals surface area (Å²) in [5.41, 5.74) is 0.702. The smallest absolute Gasteiger partial charge is 0.344 e. The molecule has 0 aliphatic carbocycles. The monoisotopic (exact) mass is 388 g/mol. The number of benzene rings is 2. The van der Waals surface area contributed by atoms with Crippen molar-refractivity contribution in [1.29, 1.82) is 0 Å². The summed E-state index contributed by atoms with van der Waals surface area (Å²) in [7, 11) is 1.54. The summed E-state index contributed by atoms with van der Waals surface area (Å²) in [6.07, 6.45) is -1.01. The van der Waals surface area contributed by atoms with Gasteiger partial charge in [0.2, 0.25) is 0 Å². The number of methoxy groups -OCH3 is 1. The number of ether oxygens (including phenoxy) is 3. The normalized spacial score (nSPS) is 11.2. The van der Waals surface area contributed by atoms with Crippen molar-refractivity contribution in [2.75, 3.05) is 13.7 Å². The van der Waals surface area contributed by atoms with Gasteiger partial charge in [0.15, 0.2) is 12.7 Å². The number of para-hydroxylation sites is 1. The van der Waals surface area contributed by atoms with Crippen LogP contribution in [-0.2, 0) is 20.9 Å². The van der Waals surface area contributed by atoms with E-state index in [1.165, 1.54) is 38.3 Å². The molecule has 1 N–H and O–H groups in total. The second-order valence-electron chi connectivity index (χ2n) is 5.70. The molecule has 0 aliphatic rings. The highest BCUT2D eigenvalue weighted by Crippen LogP contribution is 2.18. The summed E-state index contributed by atoms with van der Waals surface area (Å²) in [4.78, 5) is 34.0. The second kappa shape index (κ2) is 9.91. The lowest BCUT2D eigenvalue weighted by molar-refractivity contribution is -0.384. The first kappa shape index (κ1) is 20.7. The first-order chi connectivity index (χ1) is 13.4. The fraction of sp³-hybridized carbons (Fsp3) is 0.263. The number of esters is 1. The minimum Gasteiger partial charge on any atom is -0.496 e. The molecule has 2 rings (SSSR count). The summed E-state index contributed by atoms with van der Waals surface area (Å²) in [6, 6.07) is 12.5. The standard InChI is InChI=1S/C19H20N2O7/c1-13(19(23)20-11-14-5-3-4-6-17(14)26-2)28-18(22)12-27-16-9-7-15(8-10-16)21(24)25/h3-10,13H,11-12H2,1-2H3,(H,20,23)/t13-/m1/s1. The van der Waals surface area contributed by atoms with E-state index in [0.717, 1.165) is 5.56 Å². The molecule has 0 fully saturated rings. The number of non-ortho nitro benzene ring substituents is 1. The van der Waals surface area contributed by atoms with Gasteiger partial charge in [0, 0.05) is 24.2 Å². The fourth-order valence-electron chi connectivity index (χ4n) is 2.27. The van der Waals surface area contributed by atoms with Gasteiger partial charge in [-0.3, -0.25) is 14.9 Å². The van der Waals surface area contributed by atoms with Gasteiger partial charge in [0.1, 0.15) is 11.5 Å². The highest BCUT2D eigenvalue weighted by molar-refractivity contribution is 5.83. The number of nitrogens with zero attached hydrogens (tertiary/aromatic N) is 1. The van der Waals surface area contributed by atoms with Crippen LogP contribution in [0.1, 0.15) is 12.5 Å². The van der Waals surface area contributed by atoms with Crippen LogP contribution in [-0.4, -0.2) is 36.6 Å². The van der Waals surface area contributed by atoms with Crippen molar-refractivity contribution in [3.05, 3.63) is 64.2 Å². The number of nitro groups is 1. The zero-order valence-electron chi connectivity index (χ0n) is 15.4. The molecular weight excluding hydrogens is 368 g/mol. The largest absolute Gasteiger partial charge is 0.496 e. The van der Waals surface area contributed by atoms with Crippen LogP contribution >= 0.6 is 0 Å². The van der Waals surface area contributed by atoms with Crippen LogP contribution in [0.3, 0.4) is 0 Å². The maximum Gasteiger partial charge on any atom is 0.344 e. The molecule has 0 aromatic heterocycles. The summed E-state index contributed by atoms with van der Waals surface area (Å²) < 4.78 is 15.4. The first-order valence-electron chi connectivity index (χ1n) is 8.37. The zero-order valence-corrected chi connectivity index (χ0v) is 15.4. The van der Waals surface area contributed by atoms with Crippen molar-refractivity contribution < 1.29 is 28.7 Å². The van der Waals surface area contributed by atoms with E-state index in [0.29, 0.717) is 5.75 Å². The van der Waals surface area contributed by atoms with Crippen LogP contribution < -0.4 is 14.8 Å². The van der Waals surface area contributed by atoms with Gasteiger partial charge in [0.25, 0.3) is 11.6 Å². The van der Waals surface area contributed by atoms with Crippen molar-refractivity contribution in [3.63, 3.8) is 0 Å². The predicted octanol–water partition coefficient (Wildman–Crippen LogP) is 2.23. The van der Waals surface area contributed by atoms with Crippen molar-refractivity contribution >= 4 is 17.6 Å². The molecule has 28 heavy (non-hydrogen) atoms. The van der Waals surface area contributed by atoms with E-state index in [4.69, 9.17) is 14.2 Å². The third-order valence-electron chi connectivity index (χ3n) is 3.73. The molecule has 2 aromatic carbocycles. The maximum atomic E-state index is 12.1. The van der Waals surface area contributed by atoms with Gasteiger partial charge in [-0.05, 0) is 25.1 Å². The Kier molecular flexibility index (Phi) is 7.32. The van der Waals surface area contributed by atoms with E-state index in [2.05, 4.69) is 5.32 Å². The molecule has 1 atom stereocenters. The van der Waals surface area contributed by atoms with Crippen LogP contribution in [0.4, 0.5) is 5.69 Å². The van der Waals surface area contributed by atoms with Crippen LogP contribution in [0.2, 0.25) is 0 Å². The van der Waals surface area contributed by atoms with Crippen LogP contribution in [0.25, 0.3) is 0 Å². The lowest BCUT2D eigenvalue weighted by atomic mass is 10.2. The third kappa shape index (κ3) is 5.97. The molecule has 0 bridgehead atoms. The summed E-state index contributed by atoms with van der Waals surface area (Å²) in [5.74, 6) is -0.285. The molecule has 9 heteroatoms. The number of nitro benzene ring substituents is 1. The lowest BCUT2D eigenvalue weighted by Crippen LogP contribution is -2.36. The van der Waals surface area contributed by atoms with Gasteiger partial charge in [-0.2, -0.15) is 0 Å². The number of amides is 1. The highest BCUT2D eigenvalue weighted by Gasteiger charge is 2.18. The summed E-state index contributed by atoms with van der Waals surface area (Å²) in [5, 5.41) is 13.3. The Morgan fingerprint density at radius 3 is 2.46 bits per heavy atom. The molecule has 0 heterocycles. The van der Waals surface area contributed by atoms with Crippen molar-refractivity contribution in [2.24, 2.45) is 0 Å². The Bertz CT molecular complexity index is 836. The lowest BCUT2D eigenvalue weighted by Gasteiger charge is -2.15. The minimum absolute atomic E-state index is 0.0877. The van der Waals surface area contributed by atoms with E-state index < -0.39 is 29.5 Å². The number of carbonyl (C=O) groups excluding carboxylic acids is 2. The van der Waals surface area contributed by atoms with E-state index >= 15 is 0 Å². The van der Waals surface area contributed by atoms with Crippen LogP contribution in [0.5, 0.6) is 11.5 Å². The molecule has 1 amide bonds. The van der Waals surface area contributed by atoms with E-state index in [1.807, 2.05) is 18.2 Å². The number of hydrogen-bond donors (Lipinski definition) is 1. The fourth-order valence-corrected chi connectivity index (χ4v) is 2.27. The number of hydrogen-bond acceptors (Lipinski definition) is 7.